The number of H-pyrrole nitrogens is 1. The number of ether oxygens (including phenoxy) is 1. The summed E-state index contributed by atoms with van der Waals surface area (Å²) in [6, 6.07) is 11.6. The molecule has 0 spiro atoms. The van der Waals surface area contributed by atoms with Gasteiger partial charge in [0.25, 0.3) is 5.91 Å². The van der Waals surface area contributed by atoms with Gasteiger partial charge in [0, 0.05) is 18.2 Å². The molecule has 2 atom stereocenters. The molecule has 2 N–H and O–H groups in total. The summed E-state index contributed by atoms with van der Waals surface area (Å²) in [5, 5.41) is 3.11. The normalized spacial score (nSPS) is 21.2. The van der Waals surface area contributed by atoms with Crippen molar-refractivity contribution < 1.29 is 14.3 Å². The number of rotatable bonds is 4. The molecule has 0 bridgehead atoms. The number of hydrogen-bond acceptors (Lipinski definition) is 5. The molecule has 2 aromatic heterocycles. The fourth-order valence-electron chi connectivity index (χ4n) is 4.35. The molecule has 3 heterocycles. The Morgan fingerprint density at radius 2 is 2.13 bits per heavy atom. The molecule has 8 heteroatoms. The van der Waals surface area contributed by atoms with Crippen molar-refractivity contribution in [2.45, 2.75) is 37.6 Å². The summed E-state index contributed by atoms with van der Waals surface area (Å²) in [4.78, 5) is 38.8. The zero-order valence-electron chi connectivity index (χ0n) is 16.5. The van der Waals surface area contributed by atoms with E-state index in [9.17, 15) is 9.59 Å². The van der Waals surface area contributed by atoms with Crippen LogP contribution >= 0.6 is 0 Å². The molecule has 2 amide bonds. The Balaban J connectivity index is 1.24. The quantitative estimate of drug-likeness (QED) is 0.695. The van der Waals surface area contributed by atoms with E-state index >= 15 is 0 Å². The molecule has 1 aromatic carbocycles. The van der Waals surface area contributed by atoms with Gasteiger partial charge in [-0.05, 0) is 43.5 Å². The van der Waals surface area contributed by atoms with Crippen molar-refractivity contribution in [3.05, 3.63) is 48.4 Å². The average molecular weight is 405 g/mol. The standard InChI is InChI=1S/C22H23N5O3/c28-19(12-27-20(29)13-30-18-9-4-10-23-22(18)27)24-15-6-3-5-14(11-15)21-25-16-7-1-2-8-17(16)26-21/h1-2,4,7-10,14-15H,3,5-6,11-13H2,(H,24,28)(H,25,26). The van der Waals surface area contributed by atoms with Crippen LogP contribution in [0.1, 0.15) is 37.4 Å². The van der Waals surface area contributed by atoms with Crippen LogP contribution in [0.2, 0.25) is 0 Å². The molecule has 3 aromatic rings. The number of fused-ring (bicyclic) bond motifs is 2. The minimum Gasteiger partial charge on any atom is -0.480 e. The molecule has 0 saturated heterocycles. The highest BCUT2D eigenvalue weighted by molar-refractivity contribution is 6.01. The van der Waals surface area contributed by atoms with E-state index in [0.717, 1.165) is 42.5 Å². The molecule has 0 radical (unpaired) electrons. The Morgan fingerprint density at radius 3 is 3.03 bits per heavy atom. The minimum atomic E-state index is -0.264. The van der Waals surface area contributed by atoms with Gasteiger partial charge in [0.15, 0.2) is 18.2 Å². The van der Waals surface area contributed by atoms with Crippen LogP contribution in [0.3, 0.4) is 0 Å². The smallest absolute Gasteiger partial charge is 0.266 e. The summed E-state index contributed by atoms with van der Waals surface area (Å²) in [6.45, 7) is -0.137. The summed E-state index contributed by atoms with van der Waals surface area (Å²) >= 11 is 0. The molecule has 2 unspecified atom stereocenters. The maximum atomic E-state index is 12.7. The van der Waals surface area contributed by atoms with Crippen molar-refractivity contribution in [1.82, 2.24) is 20.3 Å². The number of imidazole rings is 1. The summed E-state index contributed by atoms with van der Waals surface area (Å²) < 4.78 is 5.39. The lowest BCUT2D eigenvalue weighted by Gasteiger charge is -2.31. The molecule has 1 aliphatic carbocycles. The zero-order valence-corrected chi connectivity index (χ0v) is 16.5. The lowest BCUT2D eigenvalue weighted by atomic mass is 9.85. The van der Waals surface area contributed by atoms with Crippen molar-refractivity contribution >= 4 is 28.7 Å². The van der Waals surface area contributed by atoms with Crippen molar-refractivity contribution in [2.24, 2.45) is 0 Å². The zero-order chi connectivity index (χ0) is 20.5. The molecule has 5 rings (SSSR count). The van der Waals surface area contributed by atoms with E-state index in [1.54, 1.807) is 18.3 Å². The number of benzene rings is 1. The molecular weight excluding hydrogens is 382 g/mol. The summed E-state index contributed by atoms with van der Waals surface area (Å²) in [7, 11) is 0. The first kappa shape index (κ1) is 18.6. The highest BCUT2D eigenvalue weighted by Gasteiger charge is 2.30. The van der Waals surface area contributed by atoms with E-state index in [1.807, 2.05) is 24.3 Å². The first-order valence-corrected chi connectivity index (χ1v) is 10.3. The number of nitrogens with zero attached hydrogens (tertiary/aromatic N) is 3. The number of aromatic nitrogens is 3. The number of carbonyl (C=O) groups is 2. The summed E-state index contributed by atoms with van der Waals surface area (Å²) in [6.07, 6.45) is 5.41. The number of aromatic amines is 1. The van der Waals surface area contributed by atoms with Gasteiger partial charge in [-0.3, -0.25) is 14.5 Å². The van der Waals surface area contributed by atoms with Crippen LogP contribution in [-0.4, -0.2) is 46.0 Å². The van der Waals surface area contributed by atoms with Gasteiger partial charge >= 0.3 is 0 Å². The third-order valence-electron chi connectivity index (χ3n) is 5.79. The van der Waals surface area contributed by atoms with E-state index in [0.29, 0.717) is 11.6 Å². The number of anilines is 1. The predicted octanol–water partition coefficient (Wildman–Crippen LogP) is 2.53. The Morgan fingerprint density at radius 1 is 1.23 bits per heavy atom. The van der Waals surface area contributed by atoms with E-state index in [1.165, 1.54) is 4.90 Å². The third-order valence-corrected chi connectivity index (χ3v) is 5.79. The van der Waals surface area contributed by atoms with E-state index in [2.05, 4.69) is 15.3 Å². The minimum absolute atomic E-state index is 0.0575. The van der Waals surface area contributed by atoms with Crippen LogP contribution in [0.4, 0.5) is 5.82 Å². The third kappa shape index (κ3) is 3.60. The number of hydrogen-bond donors (Lipinski definition) is 2. The van der Waals surface area contributed by atoms with E-state index < -0.39 is 0 Å². The SMILES string of the molecule is O=C(CN1C(=O)COc2cccnc21)NC1CCCC(c2nc3ccccc3[nH]2)C1. The average Bonchev–Trinajstić information content (AvgIpc) is 3.20. The maximum Gasteiger partial charge on any atom is 0.266 e. The molecule has 30 heavy (non-hydrogen) atoms. The number of amides is 2. The van der Waals surface area contributed by atoms with Crippen molar-refractivity contribution in [2.75, 3.05) is 18.1 Å². The van der Waals surface area contributed by atoms with Gasteiger partial charge < -0.3 is 15.0 Å². The largest absolute Gasteiger partial charge is 0.480 e. The topological polar surface area (TPSA) is 100 Å². The van der Waals surface area contributed by atoms with Gasteiger partial charge in [-0.2, -0.15) is 0 Å². The highest BCUT2D eigenvalue weighted by atomic mass is 16.5. The van der Waals surface area contributed by atoms with Gasteiger partial charge in [0.2, 0.25) is 5.91 Å². The van der Waals surface area contributed by atoms with Gasteiger partial charge in [-0.1, -0.05) is 18.6 Å². The van der Waals surface area contributed by atoms with E-state index in [4.69, 9.17) is 9.72 Å². The molecule has 1 fully saturated rings. The van der Waals surface area contributed by atoms with Crippen LogP contribution in [0.5, 0.6) is 5.75 Å². The van der Waals surface area contributed by atoms with Gasteiger partial charge in [0.05, 0.1) is 11.0 Å². The van der Waals surface area contributed by atoms with Crippen LogP contribution in [0.25, 0.3) is 11.0 Å². The monoisotopic (exact) mass is 405 g/mol. The first-order valence-electron chi connectivity index (χ1n) is 10.3. The lowest BCUT2D eigenvalue weighted by molar-refractivity contribution is -0.125. The van der Waals surface area contributed by atoms with Crippen LogP contribution in [0, 0.1) is 0 Å². The van der Waals surface area contributed by atoms with Crippen molar-refractivity contribution in [3.63, 3.8) is 0 Å². The predicted molar refractivity (Wildman–Crippen MR) is 111 cm³/mol. The summed E-state index contributed by atoms with van der Waals surface area (Å²) in [5.41, 5.74) is 2.01. The Labute approximate surface area is 173 Å². The van der Waals surface area contributed by atoms with Crippen LogP contribution in [-0.2, 0) is 9.59 Å². The number of pyridine rings is 1. The second kappa shape index (κ2) is 7.78. The Bertz CT molecular complexity index is 1060. The van der Waals surface area contributed by atoms with Crippen LogP contribution in [0.15, 0.2) is 42.6 Å². The Hall–Kier alpha value is -3.42. The molecule has 2 aliphatic rings. The fourth-order valence-corrected chi connectivity index (χ4v) is 4.35. The first-order chi connectivity index (χ1) is 14.7. The fraction of sp³-hybridized carbons (Fsp3) is 0.364. The van der Waals surface area contributed by atoms with Gasteiger partial charge in [-0.25, -0.2) is 9.97 Å². The van der Waals surface area contributed by atoms with Crippen molar-refractivity contribution in [1.29, 1.82) is 0 Å². The Kier molecular flexibility index (Phi) is 4.82. The number of carbonyl (C=O) groups excluding carboxylic acids is 2. The molecule has 1 saturated carbocycles. The van der Waals surface area contributed by atoms with Crippen LogP contribution < -0.4 is 15.0 Å². The van der Waals surface area contributed by atoms with Crippen molar-refractivity contribution in [3.8, 4) is 5.75 Å². The van der Waals surface area contributed by atoms with E-state index in [-0.39, 0.29) is 36.9 Å². The van der Waals surface area contributed by atoms with Gasteiger partial charge in [-0.15, -0.1) is 0 Å². The number of nitrogens with one attached hydrogen (secondary N) is 2. The molecular formula is C22H23N5O3. The van der Waals surface area contributed by atoms with Gasteiger partial charge in [0.1, 0.15) is 12.4 Å². The lowest BCUT2D eigenvalue weighted by Crippen LogP contribution is -2.48. The molecule has 8 nitrogen and oxygen atoms in total. The highest BCUT2D eigenvalue weighted by Crippen LogP contribution is 2.33. The maximum absolute atomic E-state index is 12.7. The summed E-state index contributed by atoms with van der Waals surface area (Å²) in [5.74, 6) is 1.73. The molecule has 1 aliphatic heterocycles. The second-order valence-corrected chi connectivity index (χ2v) is 7.86. The second-order valence-electron chi connectivity index (χ2n) is 7.86. The molecule has 154 valence electrons. The number of para-hydroxylation sites is 2.